The molecule has 8 nitrogen and oxygen atoms in total. The van der Waals surface area contributed by atoms with Crippen molar-refractivity contribution in [3.05, 3.63) is 17.2 Å². The minimum Gasteiger partial charge on any atom is -0.384 e. The van der Waals surface area contributed by atoms with Crippen LogP contribution in [0, 0.1) is 0 Å². The average molecular weight is 256 g/mol. The number of aromatic nitrogens is 1. The Morgan fingerprint density at radius 3 is 2.35 bits per heavy atom. The van der Waals surface area contributed by atoms with Gasteiger partial charge in [-0.3, -0.25) is 20.4 Å². The lowest BCUT2D eigenvalue weighted by molar-refractivity contribution is 0.0916. The number of hydrogen-bond acceptors (Lipinski definition) is 7. The summed E-state index contributed by atoms with van der Waals surface area (Å²) in [5, 5.41) is 0.298. The summed E-state index contributed by atoms with van der Waals surface area (Å²) in [6.07, 6.45) is 1.69. The number of carbonyl (C=O) groups is 2. The molecule has 1 heterocycles. The van der Waals surface area contributed by atoms with Crippen LogP contribution in [0.5, 0.6) is 0 Å². The number of hydrazine groups is 2. The fourth-order valence-corrected chi connectivity index (χ4v) is 1.84. The van der Waals surface area contributed by atoms with E-state index >= 15 is 0 Å². The Hall–Kier alpha value is -1.84. The Kier molecular flexibility index (Phi) is 4.26. The van der Waals surface area contributed by atoms with Crippen LogP contribution >= 0.6 is 11.8 Å². The quantitative estimate of drug-likeness (QED) is 0.193. The molecule has 0 unspecified atom stereocenters. The minimum absolute atomic E-state index is 0.0206. The van der Waals surface area contributed by atoms with Gasteiger partial charge in [0.1, 0.15) is 10.8 Å². The van der Waals surface area contributed by atoms with Gasteiger partial charge in [-0.25, -0.2) is 16.7 Å². The monoisotopic (exact) mass is 256 g/mol. The van der Waals surface area contributed by atoms with E-state index < -0.39 is 11.8 Å². The molecule has 0 radical (unpaired) electrons. The van der Waals surface area contributed by atoms with E-state index in [1.807, 2.05) is 10.9 Å². The molecule has 0 aliphatic carbocycles. The molecule has 1 aromatic rings. The van der Waals surface area contributed by atoms with Crippen molar-refractivity contribution in [1.82, 2.24) is 15.8 Å². The molecule has 0 aliphatic heterocycles. The molecule has 1 rings (SSSR count). The molecule has 1 aromatic heterocycles. The Labute approximate surface area is 101 Å². The lowest BCUT2D eigenvalue weighted by Gasteiger charge is -2.11. The highest BCUT2D eigenvalue weighted by atomic mass is 32.2. The molecule has 8 N–H and O–H groups in total. The summed E-state index contributed by atoms with van der Waals surface area (Å²) in [6, 6.07) is 1.26. The SMILES string of the molecule is CSc1nc(N)cc(C(=O)NN)c1C(=O)NN. The van der Waals surface area contributed by atoms with Gasteiger partial charge in [0.25, 0.3) is 11.8 Å². The first-order valence-electron chi connectivity index (χ1n) is 4.41. The van der Waals surface area contributed by atoms with Crippen molar-refractivity contribution in [1.29, 1.82) is 0 Å². The van der Waals surface area contributed by atoms with Crippen LogP contribution in [-0.4, -0.2) is 23.1 Å². The molecular weight excluding hydrogens is 244 g/mol. The number of carbonyl (C=O) groups excluding carboxylic acids is 2. The van der Waals surface area contributed by atoms with Gasteiger partial charge in [-0.1, -0.05) is 0 Å². The Morgan fingerprint density at radius 1 is 1.29 bits per heavy atom. The van der Waals surface area contributed by atoms with E-state index in [9.17, 15) is 9.59 Å². The number of nitrogens with zero attached hydrogens (tertiary/aromatic N) is 1. The van der Waals surface area contributed by atoms with Crippen molar-refractivity contribution in [2.75, 3.05) is 12.0 Å². The van der Waals surface area contributed by atoms with Gasteiger partial charge in [0.15, 0.2) is 0 Å². The standard InChI is InChI=1S/C8H12N6O2S/c1-17-8-5(7(16)14-11)3(6(15)13-10)2-4(9)12-8/h2H,10-11H2,1H3,(H2,9,12)(H,13,15)(H,14,16). The molecule has 2 amide bonds. The van der Waals surface area contributed by atoms with Crippen LogP contribution in [0.25, 0.3) is 0 Å². The lowest BCUT2D eigenvalue weighted by atomic mass is 10.1. The minimum atomic E-state index is -0.645. The van der Waals surface area contributed by atoms with Gasteiger partial charge in [-0.15, -0.1) is 11.8 Å². The number of anilines is 1. The van der Waals surface area contributed by atoms with Gasteiger partial charge in [-0.2, -0.15) is 0 Å². The van der Waals surface area contributed by atoms with E-state index in [-0.39, 0.29) is 16.9 Å². The molecule has 0 aromatic carbocycles. The zero-order valence-corrected chi connectivity index (χ0v) is 9.80. The Bertz CT molecular complexity index is 464. The largest absolute Gasteiger partial charge is 0.384 e. The molecule has 0 saturated carbocycles. The van der Waals surface area contributed by atoms with Crippen molar-refractivity contribution in [2.45, 2.75) is 5.03 Å². The fourth-order valence-electron chi connectivity index (χ4n) is 1.24. The molecule has 92 valence electrons. The summed E-state index contributed by atoms with van der Waals surface area (Å²) in [6.45, 7) is 0. The molecular formula is C8H12N6O2S. The highest BCUT2D eigenvalue weighted by Gasteiger charge is 2.22. The smallest absolute Gasteiger partial charge is 0.268 e. The predicted molar refractivity (Wildman–Crippen MR) is 63.7 cm³/mol. The molecule has 0 aliphatic rings. The van der Waals surface area contributed by atoms with Gasteiger partial charge in [0.2, 0.25) is 0 Å². The number of rotatable bonds is 3. The second kappa shape index (κ2) is 5.48. The van der Waals surface area contributed by atoms with Crippen LogP contribution in [0.3, 0.4) is 0 Å². The number of thioether (sulfide) groups is 1. The molecule has 9 heteroatoms. The predicted octanol–water partition coefficient (Wildman–Crippen LogP) is -1.41. The van der Waals surface area contributed by atoms with Crippen LogP contribution in [0.1, 0.15) is 20.7 Å². The average Bonchev–Trinajstić information content (AvgIpc) is 2.35. The van der Waals surface area contributed by atoms with Crippen LogP contribution < -0.4 is 28.3 Å². The van der Waals surface area contributed by atoms with Gasteiger partial charge >= 0.3 is 0 Å². The van der Waals surface area contributed by atoms with E-state index in [1.54, 1.807) is 6.26 Å². The van der Waals surface area contributed by atoms with E-state index in [4.69, 9.17) is 17.4 Å². The van der Waals surface area contributed by atoms with E-state index in [2.05, 4.69) is 4.98 Å². The molecule has 0 fully saturated rings. The second-order valence-corrected chi connectivity index (χ2v) is 3.72. The normalized spacial score (nSPS) is 9.82. The maximum absolute atomic E-state index is 11.6. The van der Waals surface area contributed by atoms with Gasteiger partial charge in [-0.05, 0) is 12.3 Å². The van der Waals surface area contributed by atoms with Crippen LogP contribution in [0.4, 0.5) is 5.82 Å². The van der Waals surface area contributed by atoms with Crippen molar-refractivity contribution in [3.63, 3.8) is 0 Å². The Morgan fingerprint density at radius 2 is 1.88 bits per heavy atom. The molecule has 0 saturated heterocycles. The second-order valence-electron chi connectivity index (χ2n) is 2.93. The topological polar surface area (TPSA) is 149 Å². The molecule has 17 heavy (non-hydrogen) atoms. The zero-order chi connectivity index (χ0) is 13.0. The first-order chi connectivity index (χ1) is 8.04. The third-order valence-electron chi connectivity index (χ3n) is 1.93. The summed E-state index contributed by atoms with van der Waals surface area (Å²) in [7, 11) is 0. The van der Waals surface area contributed by atoms with Crippen molar-refractivity contribution >= 4 is 29.4 Å². The number of amides is 2. The number of hydrogen-bond donors (Lipinski definition) is 5. The maximum Gasteiger partial charge on any atom is 0.268 e. The van der Waals surface area contributed by atoms with Gasteiger partial charge in [0, 0.05) is 0 Å². The number of nitrogens with one attached hydrogen (secondary N) is 2. The highest BCUT2D eigenvalue weighted by Crippen LogP contribution is 2.23. The Balaban J connectivity index is 3.49. The third kappa shape index (κ3) is 2.64. The van der Waals surface area contributed by atoms with Crippen LogP contribution in [-0.2, 0) is 0 Å². The van der Waals surface area contributed by atoms with E-state index in [1.165, 1.54) is 17.8 Å². The van der Waals surface area contributed by atoms with E-state index in [0.29, 0.717) is 5.03 Å². The lowest BCUT2D eigenvalue weighted by Crippen LogP contribution is -2.36. The van der Waals surface area contributed by atoms with Gasteiger partial charge < -0.3 is 5.73 Å². The summed E-state index contributed by atoms with van der Waals surface area (Å²) in [5.41, 5.74) is 9.46. The number of nitrogens with two attached hydrogens (primary N) is 3. The summed E-state index contributed by atoms with van der Waals surface area (Å²) in [5.74, 6) is 8.90. The van der Waals surface area contributed by atoms with Crippen LogP contribution in [0.2, 0.25) is 0 Å². The number of pyridine rings is 1. The van der Waals surface area contributed by atoms with Gasteiger partial charge in [0.05, 0.1) is 11.1 Å². The fraction of sp³-hybridized carbons (Fsp3) is 0.125. The summed E-state index contributed by atoms with van der Waals surface area (Å²) >= 11 is 1.17. The number of nitrogen functional groups attached to an aromatic ring is 3. The molecule has 0 bridgehead atoms. The molecule has 0 atom stereocenters. The first-order valence-corrected chi connectivity index (χ1v) is 5.64. The third-order valence-corrected chi connectivity index (χ3v) is 2.62. The maximum atomic E-state index is 11.6. The van der Waals surface area contributed by atoms with Crippen LogP contribution in [0.15, 0.2) is 11.1 Å². The van der Waals surface area contributed by atoms with Crippen molar-refractivity contribution in [3.8, 4) is 0 Å². The van der Waals surface area contributed by atoms with Crippen molar-refractivity contribution < 1.29 is 9.59 Å². The summed E-state index contributed by atoms with van der Waals surface area (Å²) in [4.78, 5) is 27.1. The highest BCUT2D eigenvalue weighted by molar-refractivity contribution is 7.98. The molecule has 0 spiro atoms. The van der Waals surface area contributed by atoms with Crippen molar-refractivity contribution in [2.24, 2.45) is 11.7 Å². The summed E-state index contributed by atoms with van der Waals surface area (Å²) < 4.78 is 0. The first kappa shape index (κ1) is 13.2. The zero-order valence-electron chi connectivity index (χ0n) is 8.98. The van der Waals surface area contributed by atoms with E-state index in [0.717, 1.165) is 0 Å².